The molecule has 0 spiro atoms. The topological polar surface area (TPSA) is 72.7 Å². The van der Waals surface area contributed by atoms with Gasteiger partial charge in [0.2, 0.25) is 11.8 Å². The maximum Gasteiger partial charge on any atom is 0.302 e. The van der Waals surface area contributed by atoms with Gasteiger partial charge in [-0.1, -0.05) is 0 Å². The quantitative estimate of drug-likeness (QED) is 0.481. The summed E-state index contributed by atoms with van der Waals surface area (Å²) in [5, 5.41) is 0. The Kier molecular flexibility index (Phi) is 4.64. The minimum atomic E-state index is -0.657. The lowest BCUT2D eigenvalue weighted by atomic mass is 9.85. The van der Waals surface area contributed by atoms with Crippen LogP contribution in [-0.4, -0.2) is 41.8 Å². The molecule has 24 heavy (non-hydrogen) atoms. The van der Waals surface area contributed by atoms with Crippen LogP contribution in [-0.2, 0) is 9.53 Å². The SMILES string of the molecule is COc1ccc(C(=O)C2CCC3C(OC(C)=O)CCC3[N+]2=O)cc1. The zero-order valence-electron chi connectivity index (χ0n) is 13.9. The number of carbonyl (C=O) groups excluding carboxylic acids is 2. The number of ketones is 1. The number of nitroso groups, excluding NO2 is 1. The van der Waals surface area contributed by atoms with E-state index in [1.165, 1.54) is 6.92 Å². The number of methoxy groups -OCH3 is 1. The molecule has 4 unspecified atom stereocenters. The summed E-state index contributed by atoms with van der Waals surface area (Å²) in [6.45, 7) is 1.39. The van der Waals surface area contributed by atoms with Crippen molar-refractivity contribution in [1.82, 2.24) is 0 Å². The Balaban J connectivity index is 1.72. The number of fused-ring (bicyclic) bond motifs is 1. The van der Waals surface area contributed by atoms with Crippen molar-refractivity contribution in [2.45, 2.75) is 50.8 Å². The molecule has 3 rings (SSSR count). The molecular weight excluding hydrogens is 310 g/mol. The first kappa shape index (κ1) is 16.6. The molecule has 1 aliphatic carbocycles. The third-order valence-corrected chi connectivity index (χ3v) is 5.12. The van der Waals surface area contributed by atoms with E-state index < -0.39 is 6.04 Å². The van der Waals surface area contributed by atoms with E-state index in [1.807, 2.05) is 0 Å². The molecule has 4 atom stereocenters. The van der Waals surface area contributed by atoms with Crippen LogP contribution in [0, 0.1) is 10.8 Å². The van der Waals surface area contributed by atoms with E-state index in [9.17, 15) is 14.5 Å². The molecule has 0 bridgehead atoms. The smallest absolute Gasteiger partial charge is 0.302 e. The third-order valence-electron chi connectivity index (χ3n) is 5.12. The van der Waals surface area contributed by atoms with Crippen molar-refractivity contribution < 1.29 is 23.8 Å². The predicted molar refractivity (Wildman–Crippen MR) is 86.0 cm³/mol. The molecule has 0 radical (unpaired) electrons. The van der Waals surface area contributed by atoms with Gasteiger partial charge in [-0.25, -0.2) is 0 Å². The number of nitrogens with zero attached hydrogens (tertiary/aromatic N) is 1. The highest BCUT2D eigenvalue weighted by atomic mass is 16.5. The summed E-state index contributed by atoms with van der Waals surface area (Å²) in [4.78, 5) is 36.6. The second-order valence-electron chi connectivity index (χ2n) is 6.50. The van der Waals surface area contributed by atoms with Crippen molar-refractivity contribution in [2.75, 3.05) is 7.11 Å². The maximum atomic E-state index is 12.7. The van der Waals surface area contributed by atoms with E-state index in [4.69, 9.17) is 9.47 Å². The number of rotatable bonds is 4. The standard InChI is InChI=1S/C18H22NO5/c1-11(20)24-17-10-9-15-14(17)7-8-16(19(15)22)18(21)12-3-5-13(23-2)6-4-12/h3-6,14-17H,7-10H2,1-2H3/q+1. The fraction of sp³-hybridized carbons (Fsp3) is 0.556. The van der Waals surface area contributed by atoms with Crippen molar-refractivity contribution in [2.24, 2.45) is 5.92 Å². The Bertz CT molecular complexity index is 654. The Hall–Kier alpha value is -2.24. The Labute approximate surface area is 140 Å². The molecule has 1 aromatic carbocycles. The van der Waals surface area contributed by atoms with Gasteiger partial charge < -0.3 is 9.47 Å². The third kappa shape index (κ3) is 3.05. The molecule has 6 nitrogen and oxygen atoms in total. The van der Waals surface area contributed by atoms with Crippen molar-refractivity contribution in [1.29, 1.82) is 0 Å². The molecule has 1 aromatic rings. The number of benzene rings is 1. The fourth-order valence-electron chi connectivity index (χ4n) is 3.97. The first-order valence-electron chi connectivity index (χ1n) is 8.32. The molecule has 0 aromatic heterocycles. The van der Waals surface area contributed by atoms with Crippen molar-refractivity contribution in [3.8, 4) is 5.75 Å². The Morgan fingerprint density at radius 1 is 1.08 bits per heavy atom. The Morgan fingerprint density at radius 3 is 2.42 bits per heavy atom. The molecule has 0 amide bonds. The van der Waals surface area contributed by atoms with Crippen LogP contribution in [0.25, 0.3) is 0 Å². The van der Waals surface area contributed by atoms with Crippen LogP contribution in [0.5, 0.6) is 5.75 Å². The zero-order chi connectivity index (χ0) is 17.3. The van der Waals surface area contributed by atoms with Crippen molar-refractivity contribution >= 4 is 11.8 Å². The van der Waals surface area contributed by atoms with Crippen LogP contribution in [0.3, 0.4) is 0 Å². The molecule has 1 aliphatic heterocycles. The van der Waals surface area contributed by atoms with Gasteiger partial charge in [0.1, 0.15) is 11.9 Å². The molecule has 2 fully saturated rings. The van der Waals surface area contributed by atoms with Gasteiger partial charge in [-0.3, -0.25) is 9.59 Å². The van der Waals surface area contributed by atoms with Gasteiger partial charge in [0.15, 0.2) is 0 Å². The number of piperidine rings is 1. The lowest BCUT2D eigenvalue weighted by molar-refractivity contribution is -0.622. The molecule has 1 heterocycles. The highest BCUT2D eigenvalue weighted by Crippen LogP contribution is 2.39. The average Bonchev–Trinajstić information content (AvgIpc) is 2.98. The lowest BCUT2D eigenvalue weighted by Gasteiger charge is -2.26. The second-order valence-corrected chi connectivity index (χ2v) is 6.50. The summed E-state index contributed by atoms with van der Waals surface area (Å²) in [5.74, 6) is 0.247. The molecule has 1 saturated carbocycles. The lowest BCUT2D eigenvalue weighted by Crippen LogP contribution is -2.47. The van der Waals surface area contributed by atoms with Gasteiger partial charge in [-0.15, -0.1) is 0 Å². The van der Waals surface area contributed by atoms with Gasteiger partial charge >= 0.3 is 5.97 Å². The molecular formula is C18H22NO5+. The molecule has 1 saturated heterocycles. The van der Waals surface area contributed by atoms with Gasteiger partial charge in [0.05, 0.1) is 13.0 Å². The van der Waals surface area contributed by atoms with Gasteiger partial charge in [-0.2, -0.15) is 0 Å². The van der Waals surface area contributed by atoms with Crippen LogP contribution in [0.1, 0.15) is 43.0 Å². The second kappa shape index (κ2) is 6.71. The van der Waals surface area contributed by atoms with Gasteiger partial charge in [0, 0.05) is 35.0 Å². The molecule has 2 aliphatic rings. The average molecular weight is 332 g/mol. The Morgan fingerprint density at radius 2 is 1.79 bits per heavy atom. The first-order chi connectivity index (χ1) is 11.5. The van der Waals surface area contributed by atoms with E-state index in [0.29, 0.717) is 30.6 Å². The summed E-state index contributed by atoms with van der Waals surface area (Å²) < 4.78 is 11.4. The number of hydrogen-bond acceptors (Lipinski definition) is 5. The first-order valence-corrected chi connectivity index (χ1v) is 8.32. The number of carbonyl (C=O) groups is 2. The van der Waals surface area contributed by atoms with Crippen molar-refractivity contribution in [3.63, 3.8) is 0 Å². The van der Waals surface area contributed by atoms with Gasteiger partial charge in [0.25, 0.3) is 6.04 Å². The minimum Gasteiger partial charge on any atom is -0.497 e. The van der Waals surface area contributed by atoms with Crippen molar-refractivity contribution in [3.05, 3.63) is 34.7 Å². The highest BCUT2D eigenvalue weighted by molar-refractivity contribution is 5.99. The molecule has 0 N–H and O–H groups in total. The largest absolute Gasteiger partial charge is 0.497 e. The van der Waals surface area contributed by atoms with Crippen LogP contribution >= 0.6 is 0 Å². The number of Topliss-reactive ketones (excluding diaryl/α,β-unsaturated/α-hetero) is 1. The van der Waals surface area contributed by atoms with Crippen LogP contribution < -0.4 is 4.74 Å². The number of ether oxygens (including phenoxy) is 2. The monoisotopic (exact) mass is 332 g/mol. The summed E-state index contributed by atoms with van der Waals surface area (Å²) >= 11 is 0. The minimum absolute atomic E-state index is 0.0336. The number of esters is 1. The molecule has 6 heteroatoms. The zero-order valence-corrected chi connectivity index (χ0v) is 13.9. The fourth-order valence-corrected chi connectivity index (χ4v) is 3.97. The molecule has 128 valence electrons. The van der Waals surface area contributed by atoms with E-state index >= 15 is 0 Å². The van der Waals surface area contributed by atoms with E-state index in [1.54, 1.807) is 31.4 Å². The summed E-state index contributed by atoms with van der Waals surface area (Å²) in [7, 11) is 1.57. The van der Waals surface area contributed by atoms with E-state index in [0.717, 1.165) is 11.2 Å². The summed E-state index contributed by atoms with van der Waals surface area (Å²) in [6, 6.07) is 5.93. The summed E-state index contributed by atoms with van der Waals surface area (Å²) in [5.41, 5.74) is 0.523. The van der Waals surface area contributed by atoms with Crippen LogP contribution in [0.15, 0.2) is 24.3 Å². The highest BCUT2D eigenvalue weighted by Gasteiger charge is 2.54. The predicted octanol–water partition coefficient (Wildman–Crippen LogP) is 2.53. The van der Waals surface area contributed by atoms with Crippen LogP contribution in [0.2, 0.25) is 0 Å². The van der Waals surface area contributed by atoms with E-state index in [2.05, 4.69) is 0 Å². The van der Waals surface area contributed by atoms with E-state index in [-0.39, 0.29) is 29.8 Å². The number of hydrogen-bond donors (Lipinski definition) is 0. The normalized spacial score (nSPS) is 29.0. The maximum absolute atomic E-state index is 12.7. The van der Waals surface area contributed by atoms with Gasteiger partial charge in [-0.05, 0) is 37.1 Å². The van der Waals surface area contributed by atoms with Crippen LogP contribution in [0.4, 0.5) is 0 Å². The summed E-state index contributed by atoms with van der Waals surface area (Å²) in [6.07, 6.45) is 2.39.